The van der Waals surface area contributed by atoms with E-state index in [1.807, 2.05) is 19.9 Å². The third kappa shape index (κ3) is 3.76. The number of nitrogens with two attached hydrogens (primary N) is 1. The highest BCUT2D eigenvalue weighted by molar-refractivity contribution is 7.99. The molecule has 90 valence electrons. The largest absolute Gasteiger partial charge is 0.329 e. The monoisotopic (exact) mass is 239 g/mol. The van der Waals surface area contributed by atoms with Gasteiger partial charge in [-0.05, 0) is 25.3 Å². The number of thioether (sulfide) groups is 1. The smallest absolute Gasteiger partial charge is 0.188 e. The fraction of sp³-hybridized carbons (Fsp3) is 0.667. The molecule has 0 aromatic carbocycles. The van der Waals surface area contributed by atoms with Gasteiger partial charge in [0.2, 0.25) is 0 Å². The van der Waals surface area contributed by atoms with Gasteiger partial charge in [-0.3, -0.25) is 0 Å². The topological polar surface area (TPSA) is 51.8 Å². The Hall–Kier alpha value is -0.610. The van der Waals surface area contributed by atoms with E-state index in [0.717, 1.165) is 16.5 Å². The average molecular weight is 239 g/mol. The highest BCUT2D eigenvalue weighted by Crippen LogP contribution is 2.33. The molecule has 4 heteroatoms. The summed E-state index contributed by atoms with van der Waals surface area (Å²) >= 11 is 1.68. The van der Waals surface area contributed by atoms with Crippen LogP contribution in [0.1, 0.15) is 32.2 Å². The Bertz CT molecular complexity index is 338. The molecule has 0 saturated carbocycles. The van der Waals surface area contributed by atoms with E-state index in [1.165, 1.54) is 0 Å². The van der Waals surface area contributed by atoms with Gasteiger partial charge in [0.15, 0.2) is 5.16 Å². The van der Waals surface area contributed by atoms with E-state index >= 15 is 0 Å². The van der Waals surface area contributed by atoms with Gasteiger partial charge in [0.1, 0.15) is 0 Å². The Morgan fingerprint density at radius 2 is 1.75 bits per heavy atom. The molecule has 1 unspecified atom stereocenters. The average Bonchev–Trinajstić information content (AvgIpc) is 2.10. The minimum atomic E-state index is 0.167. The molecule has 0 bridgehead atoms. The lowest BCUT2D eigenvalue weighted by Crippen LogP contribution is -2.31. The number of hydrogen-bond acceptors (Lipinski definition) is 4. The highest BCUT2D eigenvalue weighted by atomic mass is 32.2. The summed E-state index contributed by atoms with van der Waals surface area (Å²) < 4.78 is 0. The van der Waals surface area contributed by atoms with Crippen LogP contribution in [0.2, 0.25) is 0 Å². The maximum Gasteiger partial charge on any atom is 0.188 e. The number of hydrogen-bond donors (Lipinski definition) is 1. The van der Waals surface area contributed by atoms with Crippen molar-refractivity contribution >= 4 is 11.8 Å². The first-order chi connectivity index (χ1) is 7.32. The maximum absolute atomic E-state index is 5.81. The molecule has 2 N–H and O–H groups in total. The summed E-state index contributed by atoms with van der Waals surface area (Å²) in [4.78, 5) is 8.86. The molecule has 1 atom stereocenters. The van der Waals surface area contributed by atoms with Crippen molar-refractivity contribution in [1.29, 1.82) is 0 Å². The first kappa shape index (κ1) is 13.5. The molecule has 0 fully saturated rings. The van der Waals surface area contributed by atoms with E-state index in [9.17, 15) is 0 Å². The van der Waals surface area contributed by atoms with Gasteiger partial charge in [-0.2, -0.15) is 0 Å². The van der Waals surface area contributed by atoms with Gasteiger partial charge < -0.3 is 5.73 Å². The summed E-state index contributed by atoms with van der Waals surface area (Å²) in [5.41, 5.74) is 8.00. The van der Waals surface area contributed by atoms with Crippen LogP contribution in [0.25, 0.3) is 0 Å². The first-order valence-corrected chi connectivity index (χ1v) is 6.40. The summed E-state index contributed by atoms with van der Waals surface area (Å²) in [6.45, 7) is 11.2. The van der Waals surface area contributed by atoms with Crippen LogP contribution in [0.3, 0.4) is 0 Å². The highest BCUT2D eigenvalue weighted by Gasteiger charge is 2.25. The molecule has 0 saturated heterocycles. The van der Waals surface area contributed by atoms with Gasteiger partial charge in [0, 0.05) is 23.2 Å². The Kier molecular flexibility index (Phi) is 4.33. The van der Waals surface area contributed by atoms with Crippen molar-refractivity contribution in [2.24, 2.45) is 11.1 Å². The minimum Gasteiger partial charge on any atom is -0.329 e. The fourth-order valence-electron chi connectivity index (χ4n) is 1.45. The van der Waals surface area contributed by atoms with Crippen molar-refractivity contribution < 1.29 is 0 Å². The summed E-state index contributed by atoms with van der Waals surface area (Å²) in [5.74, 6) is 0. The maximum atomic E-state index is 5.81. The van der Waals surface area contributed by atoms with Crippen molar-refractivity contribution in [2.45, 2.75) is 45.0 Å². The molecule has 16 heavy (non-hydrogen) atoms. The Morgan fingerprint density at radius 3 is 2.12 bits per heavy atom. The molecule has 0 amide bonds. The van der Waals surface area contributed by atoms with Gasteiger partial charge >= 0.3 is 0 Å². The van der Waals surface area contributed by atoms with Gasteiger partial charge in [-0.15, -0.1) is 0 Å². The molecule has 1 rings (SSSR count). The molecular weight excluding hydrogens is 218 g/mol. The van der Waals surface area contributed by atoms with Crippen LogP contribution in [-0.2, 0) is 0 Å². The number of nitrogens with zero attached hydrogens (tertiary/aromatic N) is 2. The zero-order chi connectivity index (χ0) is 12.3. The van der Waals surface area contributed by atoms with Crippen molar-refractivity contribution in [3.8, 4) is 0 Å². The second-order valence-corrected chi connectivity index (χ2v) is 6.31. The summed E-state index contributed by atoms with van der Waals surface area (Å²) in [6, 6.07) is 1.98. The Balaban J connectivity index is 2.86. The van der Waals surface area contributed by atoms with Gasteiger partial charge in [0.05, 0.1) is 0 Å². The molecule has 0 aliphatic rings. The molecule has 0 spiro atoms. The van der Waals surface area contributed by atoms with Crippen molar-refractivity contribution in [1.82, 2.24) is 9.97 Å². The summed E-state index contributed by atoms with van der Waals surface area (Å²) in [6.07, 6.45) is 0. The molecule has 1 heterocycles. The van der Waals surface area contributed by atoms with Crippen molar-refractivity contribution in [3.63, 3.8) is 0 Å². The quantitative estimate of drug-likeness (QED) is 0.650. The molecular formula is C12H21N3S. The van der Waals surface area contributed by atoms with Crippen LogP contribution >= 0.6 is 11.8 Å². The molecule has 1 aromatic heterocycles. The second-order valence-electron chi connectivity index (χ2n) is 5.14. The lowest BCUT2D eigenvalue weighted by atomic mass is 9.92. The zero-order valence-electron chi connectivity index (χ0n) is 10.7. The SMILES string of the molecule is Cc1cc(C)nc(SC(CN)C(C)(C)C)n1. The third-order valence-corrected chi connectivity index (χ3v) is 3.97. The van der Waals surface area contributed by atoms with Crippen LogP contribution in [0.5, 0.6) is 0 Å². The summed E-state index contributed by atoms with van der Waals surface area (Å²) in [5, 5.41) is 1.18. The Morgan fingerprint density at radius 1 is 1.25 bits per heavy atom. The van der Waals surface area contributed by atoms with Crippen molar-refractivity contribution in [2.75, 3.05) is 6.54 Å². The van der Waals surface area contributed by atoms with E-state index in [-0.39, 0.29) is 5.41 Å². The lowest BCUT2D eigenvalue weighted by Gasteiger charge is -2.28. The Labute approximate surface area is 102 Å². The van der Waals surface area contributed by atoms with Crippen LogP contribution in [0.4, 0.5) is 0 Å². The van der Waals surface area contributed by atoms with Gasteiger partial charge in [-0.1, -0.05) is 32.5 Å². The molecule has 3 nitrogen and oxygen atoms in total. The molecule has 1 aromatic rings. The first-order valence-electron chi connectivity index (χ1n) is 5.52. The van der Waals surface area contributed by atoms with Crippen molar-refractivity contribution in [3.05, 3.63) is 17.5 Å². The van der Waals surface area contributed by atoms with Crippen LogP contribution < -0.4 is 5.73 Å². The van der Waals surface area contributed by atoms with E-state index < -0.39 is 0 Å². The number of aromatic nitrogens is 2. The summed E-state index contributed by atoms with van der Waals surface area (Å²) in [7, 11) is 0. The van der Waals surface area contributed by atoms with Crippen LogP contribution in [-0.4, -0.2) is 21.8 Å². The van der Waals surface area contributed by atoms with E-state index in [0.29, 0.717) is 11.8 Å². The van der Waals surface area contributed by atoms with Gasteiger partial charge in [-0.25, -0.2) is 9.97 Å². The fourth-order valence-corrected chi connectivity index (χ4v) is 2.55. The second kappa shape index (κ2) is 5.15. The van der Waals surface area contributed by atoms with E-state index in [4.69, 9.17) is 5.73 Å². The van der Waals surface area contributed by atoms with Crippen LogP contribution in [0.15, 0.2) is 11.2 Å². The van der Waals surface area contributed by atoms with E-state index in [2.05, 4.69) is 30.7 Å². The predicted octanol–water partition coefficient (Wildman–Crippen LogP) is 2.56. The lowest BCUT2D eigenvalue weighted by molar-refractivity contribution is 0.398. The third-order valence-electron chi connectivity index (χ3n) is 2.39. The predicted molar refractivity (Wildman–Crippen MR) is 69.7 cm³/mol. The van der Waals surface area contributed by atoms with E-state index in [1.54, 1.807) is 11.8 Å². The minimum absolute atomic E-state index is 0.167. The normalized spacial score (nSPS) is 13.9. The standard InChI is InChI=1S/C12H21N3S/c1-8-6-9(2)15-11(14-8)16-10(7-13)12(3,4)5/h6,10H,7,13H2,1-5H3. The number of rotatable bonds is 3. The van der Waals surface area contributed by atoms with Gasteiger partial charge in [0.25, 0.3) is 0 Å². The zero-order valence-corrected chi connectivity index (χ0v) is 11.6. The molecule has 0 radical (unpaired) electrons. The number of aryl methyl sites for hydroxylation is 2. The molecule has 0 aliphatic carbocycles. The molecule has 0 aliphatic heterocycles. The van der Waals surface area contributed by atoms with Crippen LogP contribution in [0, 0.1) is 19.3 Å².